The number of aliphatic hydroxyl groups is 1. The maximum Gasteiger partial charge on any atom is 0.135 e. The summed E-state index contributed by atoms with van der Waals surface area (Å²) in [5.41, 5.74) is 7.88. The number of fused-ring (bicyclic) bond motifs is 1. The van der Waals surface area contributed by atoms with Gasteiger partial charge in [-0.3, -0.25) is 9.78 Å². The number of nitrogens with one attached hydrogen (secondary N) is 1. The van der Waals surface area contributed by atoms with Crippen molar-refractivity contribution in [2.45, 2.75) is 90.4 Å². The standard InChI is InChI=1S/C32H42N2O2/c1-3-23-20-29(26-11-13-30-27(19-26)14-16-33-30)32(25-8-9-25)34-31(23)18-22-5-4-21(2)24(7-6-22)10-12-28(36)15-17-35/h11,13-14,16,19-22,24-25,33,35H,3-10,12,15,17-18H2,1-2H3. The smallest absolute Gasteiger partial charge is 0.135 e. The number of aromatic nitrogens is 2. The third kappa shape index (κ3) is 5.75. The fourth-order valence-electron chi connectivity index (χ4n) is 6.33. The van der Waals surface area contributed by atoms with E-state index in [1.807, 2.05) is 6.20 Å². The summed E-state index contributed by atoms with van der Waals surface area (Å²) < 4.78 is 0. The van der Waals surface area contributed by atoms with Crippen molar-refractivity contribution in [2.75, 3.05) is 6.61 Å². The highest BCUT2D eigenvalue weighted by molar-refractivity contribution is 5.85. The molecule has 2 aliphatic rings. The van der Waals surface area contributed by atoms with Crippen molar-refractivity contribution < 1.29 is 9.90 Å². The quantitative estimate of drug-likeness (QED) is 0.294. The zero-order chi connectivity index (χ0) is 25.1. The Morgan fingerprint density at radius 2 is 1.89 bits per heavy atom. The van der Waals surface area contributed by atoms with Crippen LogP contribution >= 0.6 is 0 Å². The molecule has 3 atom stereocenters. The number of nitrogens with zero attached hydrogens (tertiary/aromatic N) is 1. The van der Waals surface area contributed by atoms with Gasteiger partial charge in [0, 0.05) is 48.3 Å². The van der Waals surface area contributed by atoms with Gasteiger partial charge in [0.05, 0.1) is 5.69 Å². The molecule has 2 heterocycles. The first-order valence-corrected chi connectivity index (χ1v) is 14.3. The number of Topliss-reactive ketones (excluding diaryl/α,β-unsaturated/α-hetero) is 1. The first kappa shape index (κ1) is 25.2. The van der Waals surface area contributed by atoms with Crippen molar-refractivity contribution in [2.24, 2.45) is 17.8 Å². The molecule has 5 rings (SSSR count). The topological polar surface area (TPSA) is 66.0 Å². The second-order valence-electron chi connectivity index (χ2n) is 11.4. The SMILES string of the molecule is CCc1cc(-c2ccc3[nH]ccc3c2)c(C2CC2)nc1CC1CCC(C)C(CCC(=O)CCO)CC1. The van der Waals surface area contributed by atoms with E-state index in [1.54, 1.807) is 0 Å². The molecule has 0 spiro atoms. The number of ketones is 1. The lowest BCUT2D eigenvalue weighted by atomic mass is 9.85. The van der Waals surface area contributed by atoms with Gasteiger partial charge in [0.2, 0.25) is 0 Å². The Hall–Kier alpha value is -2.46. The van der Waals surface area contributed by atoms with Gasteiger partial charge in [-0.25, -0.2) is 0 Å². The zero-order valence-electron chi connectivity index (χ0n) is 22.1. The summed E-state index contributed by atoms with van der Waals surface area (Å²) in [7, 11) is 0. The number of pyridine rings is 1. The molecule has 0 radical (unpaired) electrons. The number of aliphatic hydroxyl groups excluding tert-OH is 1. The summed E-state index contributed by atoms with van der Waals surface area (Å²) in [4.78, 5) is 20.7. The van der Waals surface area contributed by atoms with E-state index in [9.17, 15) is 4.79 Å². The van der Waals surface area contributed by atoms with Crippen LogP contribution < -0.4 is 0 Å². The monoisotopic (exact) mass is 486 g/mol. The van der Waals surface area contributed by atoms with Crippen LogP contribution in [-0.2, 0) is 17.6 Å². The lowest BCUT2D eigenvalue weighted by Crippen LogP contribution is -2.12. The number of hydrogen-bond donors (Lipinski definition) is 2. The van der Waals surface area contributed by atoms with E-state index in [4.69, 9.17) is 10.1 Å². The van der Waals surface area contributed by atoms with Crippen LogP contribution in [-0.4, -0.2) is 27.5 Å². The van der Waals surface area contributed by atoms with Gasteiger partial charge < -0.3 is 10.1 Å². The largest absolute Gasteiger partial charge is 0.396 e. The van der Waals surface area contributed by atoms with Crippen molar-refractivity contribution in [1.29, 1.82) is 0 Å². The van der Waals surface area contributed by atoms with Crippen LogP contribution in [0.25, 0.3) is 22.0 Å². The zero-order valence-corrected chi connectivity index (χ0v) is 22.1. The van der Waals surface area contributed by atoms with E-state index in [0.29, 0.717) is 36.5 Å². The highest BCUT2D eigenvalue weighted by Gasteiger charge is 2.30. The summed E-state index contributed by atoms with van der Waals surface area (Å²) in [6, 6.07) is 11.4. The second kappa shape index (κ2) is 11.3. The van der Waals surface area contributed by atoms with Gasteiger partial charge in [-0.05, 0) is 110 Å². The number of aryl methyl sites for hydroxylation is 1. The molecule has 2 aromatic heterocycles. The minimum Gasteiger partial charge on any atom is -0.396 e. The maximum absolute atomic E-state index is 12.0. The molecule has 0 saturated heterocycles. The molecule has 0 bridgehead atoms. The van der Waals surface area contributed by atoms with E-state index in [1.165, 1.54) is 77.5 Å². The molecule has 2 fully saturated rings. The average molecular weight is 487 g/mol. The van der Waals surface area contributed by atoms with Gasteiger partial charge >= 0.3 is 0 Å². The van der Waals surface area contributed by atoms with E-state index in [-0.39, 0.29) is 12.4 Å². The molecule has 2 aliphatic carbocycles. The van der Waals surface area contributed by atoms with E-state index in [0.717, 1.165) is 19.3 Å². The molecule has 192 valence electrons. The lowest BCUT2D eigenvalue weighted by Gasteiger charge is -2.20. The van der Waals surface area contributed by atoms with Crippen molar-refractivity contribution in [1.82, 2.24) is 9.97 Å². The minimum absolute atomic E-state index is 0.0176. The molecule has 3 aromatic rings. The van der Waals surface area contributed by atoms with Gasteiger partial charge in [-0.1, -0.05) is 26.3 Å². The van der Waals surface area contributed by atoms with Gasteiger partial charge in [-0.15, -0.1) is 0 Å². The molecule has 4 nitrogen and oxygen atoms in total. The Kier molecular flexibility index (Phi) is 7.90. The Bertz CT molecular complexity index is 1190. The Labute approximate surface area is 215 Å². The Morgan fingerprint density at radius 3 is 2.67 bits per heavy atom. The molecule has 2 saturated carbocycles. The number of carbonyl (C=O) groups is 1. The van der Waals surface area contributed by atoms with Crippen molar-refractivity contribution >= 4 is 16.7 Å². The minimum atomic E-state index is -0.0176. The van der Waals surface area contributed by atoms with Gasteiger partial charge in [0.15, 0.2) is 0 Å². The normalized spacial score (nSPS) is 22.6. The van der Waals surface area contributed by atoms with Crippen LogP contribution in [0.15, 0.2) is 36.5 Å². The Morgan fingerprint density at radius 1 is 1.06 bits per heavy atom. The maximum atomic E-state index is 12.0. The number of hydrogen-bond acceptors (Lipinski definition) is 3. The lowest BCUT2D eigenvalue weighted by molar-refractivity contribution is -0.120. The number of H-pyrrole nitrogens is 1. The summed E-state index contributed by atoms with van der Waals surface area (Å²) in [5, 5.41) is 10.3. The summed E-state index contributed by atoms with van der Waals surface area (Å²) in [5.74, 6) is 2.80. The predicted octanol–water partition coefficient (Wildman–Crippen LogP) is 7.39. The van der Waals surface area contributed by atoms with Crippen LogP contribution in [0, 0.1) is 17.8 Å². The number of benzene rings is 1. The van der Waals surface area contributed by atoms with Crippen LogP contribution in [0.1, 0.15) is 94.5 Å². The van der Waals surface area contributed by atoms with E-state index >= 15 is 0 Å². The highest BCUT2D eigenvalue weighted by atomic mass is 16.3. The molecule has 0 amide bonds. The number of aromatic amines is 1. The van der Waals surface area contributed by atoms with Gasteiger partial charge in [-0.2, -0.15) is 0 Å². The molecule has 3 unspecified atom stereocenters. The van der Waals surface area contributed by atoms with Crippen LogP contribution in [0.5, 0.6) is 0 Å². The molecule has 0 aliphatic heterocycles. The summed E-state index contributed by atoms with van der Waals surface area (Å²) >= 11 is 0. The third-order valence-electron chi connectivity index (χ3n) is 8.88. The van der Waals surface area contributed by atoms with E-state index in [2.05, 4.69) is 49.2 Å². The fourth-order valence-corrected chi connectivity index (χ4v) is 6.33. The van der Waals surface area contributed by atoms with Crippen LogP contribution in [0.4, 0.5) is 0 Å². The van der Waals surface area contributed by atoms with Gasteiger partial charge in [0.25, 0.3) is 0 Å². The third-order valence-corrected chi connectivity index (χ3v) is 8.88. The number of rotatable bonds is 10. The Balaban J connectivity index is 1.33. The first-order valence-electron chi connectivity index (χ1n) is 14.3. The molecule has 36 heavy (non-hydrogen) atoms. The molecule has 1 aromatic carbocycles. The van der Waals surface area contributed by atoms with Gasteiger partial charge in [0.1, 0.15) is 5.78 Å². The van der Waals surface area contributed by atoms with Crippen molar-refractivity contribution in [3.05, 3.63) is 53.5 Å². The predicted molar refractivity (Wildman–Crippen MR) is 147 cm³/mol. The van der Waals surface area contributed by atoms with Crippen molar-refractivity contribution in [3.63, 3.8) is 0 Å². The van der Waals surface area contributed by atoms with Crippen LogP contribution in [0.3, 0.4) is 0 Å². The molecule has 2 N–H and O–H groups in total. The molecular weight excluding hydrogens is 444 g/mol. The first-order chi connectivity index (χ1) is 17.6. The fraction of sp³-hybridized carbons (Fsp3) is 0.562. The molecular formula is C32H42N2O2. The summed E-state index contributed by atoms with van der Waals surface area (Å²) in [6.07, 6.45) is 13.5. The second-order valence-corrected chi connectivity index (χ2v) is 11.4. The van der Waals surface area contributed by atoms with Crippen LogP contribution in [0.2, 0.25) is 0 Å². The average Bonchev–Trinajstić information content (AvgIpc) is 3.65. The summed E-state index contributed by atoms with van der Waals surface area (Å²) in [6.45, 7) is 4.63. The molecule has 4 heteroatoms. The van der Waals surface area contributed by atoms with Crippen molar-refractivity contribution in [3.8, 4) is 11.1 Å². The number of carbonyl (C=O) groups excluding carboxylic acids is 1. The van der Waals surface area contributed by atoms with E-state index < -0.39 is 0 Å². The highest BCUT2D eigenvalue weighted by Crippen LogP contribution is 2.45.